The second-order valence-corrected chi connectivity index (χ2v) is 10.6. The molecule has 1 saturated carbocycles. The first-order chi connectivity index (χ1) is 12.7. The molecule has 3 aliphatic rings. The Hall–Kier alpha value is -1.60. The van der Waals surface area contributed by atoms with Crippen LogP contribution in [0.3, 0.4) is 0 Å². The zero-order valence-electron chi connectivity index (χ0n) is 16.5. The number of nitrogens with zero attached hydrogens (tertiary/aromatic N) is 1. The third-order valence-electron chi connectivity index (χ3n) is 5.48. The Balaban J connectivity index is 1.71. The highest BCUT2D eigenvalue weighted by molar-refractivity contribution is 7.89. The minimum atomic E-state index is -3.35. The van der Waals surface area contributed by atoms with Crippen molar-refractivity contribution in [1.82, 2.24) is 4.31 Å². The number of fused-ring (bicyclic) bond motifs is 3. The molecule has 0 unspecified atom stereocenters. The number of sulfonamides is 1. The Morgan fingerprint density at radius 1 is 1.15 bits per heavy atom. The molecule has 2 aliphatic heterocycles. The smallest absolute Gasteiger partial charge is 0.229 e. The van der Waals surface area contributed by atoms with Gasteiger partial charge in [-0.2, -0.15) is 4.31 Å². The summed E-state index contributed by atoms with van der Waals surface area (Å²) in [7, 11) is -3.35. The van der Waals surface area contributed by atoms with Crippen molar-refractivity contribution in [1.29, 1.82) is 0 Å². The molecule has 0 spiro atoms. The van der Waals surface area contributed by atoms with E-state index in [1.54, 1.807) is 18.2 Å². The van der Waals surface area contributed by atoms with Crippen LogP contribution >= 0.6 is 0 Å². The SMILES string of the molecule is CC(C)Oc1ccc(NC(=O)[C@@H]2C[C@@H]3CC[C@@H]2N(S(=O)(=O)C(C)C)C3)cc1. The van der Waals surface area contributed by atoms with Crippen molar-refractivity contribution in [3.05, 3.63) is 24.3 Å². The first kappa shape index (κ1) is 20.1. The minimum absolute atomic E-state index is 0.0918. The maximum absolute atomic E-state index is 12.9. The van der Waals surface area contributed by atoms with E-state index in [-0.39, 0.29) is 29.9 Å². The van der Waals surface area contributed by atoms with Crippen LogP contribution in [-0.4, -0.2) is 42.6 Å². The molecule has 0 radical (unpaired) electrons. The van der Waals surface area contributed by atoms with Crippen LogP contribution in [0, 0.1) is 11.8 Å². The Bertz CT molecular complexity index is 774. The quantitative estimate of drug-likeness (QED) is 0.804. The fourth-order valence-corrected chi connectivity index (χ4v) is 5.70. The molecule has 1 N–H and O–H groups in total. The number of nitrogens with one attached hydrogen (secondary N) is 1. The summed E-state index contributed by atoms with van der Waals surface area (Å²) in [6.45, 7) is 7.88. The van der Waals surface area contributed by atoms with Crippen molar-refractivity contribution in [2.24, 2.45) is 11.8 Å². The van der Waals surface area contributed by atoms with Crippen LogP contribution < -0.4 is 10.1 Å². The van der Waals surface area contributed by atoms with Gasteiger partial charge in [0.15, 0.2) is 0 Å². The third kappa shape index (κ3) is 4.29. The molecule has 3 atom stereocenters. The lowest BCUT2D eigenvalue weighted by Gasteiger charge is -2.48. The number of benzene rings is 1. The van der Waals surface area contributed by atoms with Crippen LogP contribution in [0.1, 0.15) is 47.0 Å². The van der Waals surface area contributed by atoms with Crippen LogP contribution in [0.15, 0.2) is 24.3 Å². The summed E-state index contributed by atoms with van der Waals surface area (Å²) in [4.78, 5) is 12.9. The number of carbonyl (C=O) groups is 1. The molecular weight excluding hydrogens is 364 g/mol. The van der Waals surface area contributed by atoms with Gasteiger partial charge < -0.3 is 10.1 Å². The zero-order chi connectivity index (χ0) is 19.8. The molecule has 27 heavy (non-hydrogen) atoms. The van der Waals surface area contributed by atoms with Gasteiger partial charge in [-0.1, -0.05) is 0 Å². The maximum Gasteiger partial charge on any atom is 0.229 e. The van der Waals surface area contributed by atoms with Gasteiger partial charge in [0.05, 0.1) is 17.3 Å². The molecule has 1 aliphatic carbocycles. The van der Waals surface area contributed by atoms with Crippen LogP contribution in [0.25, 0.3) is 0 Å². The number of hydrogen-bond acceptors (Lipinski definition) is 4. The van der Waals surface area contributed by atoms with Crippen molar-refractivity contribution in [3.63, 3.8) is 0 Å². The molecule has 1 aromatic carbocycles. The van der Waals surface area contributed by atoms with E-state index in [4.69, 9.17) is 4.74 Å². The molecule has 0 aromatic heterocycles. The fraction of sp³-hybridized carbons (Fsp3) is 0.650. The highest BCUT2D eigenvalue weighted by Gasteiger charge is 2.48. The van der Waals surface area contributed by atoms with Gasteiger partial charge in [0.1, 0.15) is 5.75 Å². The molecule has 2 heterocycles. The molecule has 1 aromatic rings. The molecule has 150 valence electrons. The Kier molecular flexibility index (Phi) is 5.82. The van der Waals surface area contributed by atoms with Gasteiger partial charge in [0.2, 0.25) is 15.9 Å². The highest BCUT2D eigenvalue weighted by Crippen LogP contribution is 2.41. The summed E-state index contributed by atoms with van der Waals surface area (Å²) >= 11 is 0. The van der Waals surface area contributed by atoms with E-state index in [0.29, 0.717) is 12.2 Å². The van der Waals surface area contributed by atoms with E-state index in [1.165, 1.54) is 0 Å². The lowest BCUT2D eigenvalue weighted by atomic mass is 9.73. The summed E-state index contributed by atoms with van der Waals surface area (Å²) in [5.74, 6) is 0.638. The number of carbonyl (C=O) groups excluding carboxylic acids is 1. The average Bonchev–Trinajstić information content (AvgIpc) is 2.63. The Morgan fingerprint density at radius 3 is 2.37 bits per heavy atom. The zero-order valence-corrected chi connectivity index (χ0v) is 17.3. The number of amides is 1. The second-order valence-electron chi connectivity index (χ2n) is 8.20. The first-order valence-corrected chi connectivity index (χ1v) is 11.3. The third-order valence-corrected chi connectivity index (χ3v) is 7.75. The normalized spacial score (nSPS) is 25.8. The number of anilines is 1. The van der Waals surface area contributed by atoms with Gasteiger partial charge in [0, 0.05) is 18.3 Å². The van der Waals surface area contributed by atoms with Crippen molar-refractivity contribution >= 4 is 21.6 Å². The largest absolute Gasteiger partial charge is 0.491 e. The van der Waals surface area contributed by atoms with Crippen LogP contribution in [0.5, 0.6) is 5.75 Å². The topological polar surface area (TPSA) is 75.7 Å². The van der Waals surface area contributed by atoms with Gasteiger partial charge >= 0.3 is 0 Å². The van der Waals surface area contributed by atoms with E-state index < -0.39 is 15.3 Å². The van der Waals surface area contributed by atoms with Crippen LogP contribution in [-0.2, 0) is 14.8 Å². The summed E-state index contributed by atoms with van der Waals surface area (Å²) in [5.41, 5.74) is 0.704. The molecule has 2 bridgehead atoms. The predicted molar refractivity (Wildman–Crippen MR) is 106 cm³/mol. The van der Waals surface area contributed by atoms with Gasteiger partial charge in [-0.15, -0.1) is 0 Å². The van der Waals surface area contributed by atoms with Crippen molar-refractivity contribution in [2.75, 3.05) is 11.9 Å². The molecule has 6 nitrogen and oxygen atoms in total. The molecule has 2 saturated heterocycles. The van der Waals surface area contributed by atoms with Crippen molar-refractivity contribution in [3.8, 4) is 5.75 Å². The van der Waals surface area contributed by atoms with E-state index >= 15 is 0 Å². The number of hydrogen-bond donors (Lipinski definition) is 1. The van der Waals surface area contributed by atoms with Crippen LogP contribution in [0.2, 0.25) is 0 Å². The van der Waals surface area contributed by atoms with Gasteiger partial charge in [-0.3, -0.25) is 4.79 Å². The second kappa shape index (κ2) is 7.80. The average molecular weight is 395 g/mol. The lowest BCUT2D eigenvalue weighted by molar-refractivity contribution is -0.125. The fourth-order valence-electron chi connectivity index (χ4n) is 4.11. The summed E-state index contributed by atoms with van der Waals surface area (Å²) < 4.78 is 32.6. The van der Waals surface area contributed by atoms with Gasteiger partial charge in [-0.05, 0) is 77.1 Å². The highest BCUT2D eigenvalue weighted by atomic mass is 32.2. The maximum atomic E-state index is 12.9. The molecule has 7 heteroatoms. The molecule has 3 fully saturated rings. The number of rotatable bonds is 6. The number of ether oxygens (including phenoxy) is 1. The van der Waals surface area contributed by atoms with Crippen molar-refractivity contribution < 1.29 is 17.9 Å². The Labute approximate surface area is 162 Å². The lowest BCUT2D eigenvalue weighted by Crippen LogP contribution is -2.59. The van der Waals surface area contributed by atoms with Crippen molar-refractivity contribution in [2.45, 2.75) is 64.4 Å². The minimum Gasteiger partial charge on any atom is -0.491 e. The summed E-state index contributed by atoms with van der Waals surface area (Å²) in [5, 5.41) is 2.50. The first-order valence-electron chi connectivity index (χ1n) is 9.76. The molecule has 1 amide bonds. The van der Waals surface area contributed by atoms with Crippen LogP contribution in [0.4, 0.5) is 5.69 Å². The summed E-state index contributed by atoms with van der Waals surface area (Å²) in [6.07, 6.45) is 2.61. The van der Waals surface area contributed by atoms with E-state index in [0.717, 1.165) is 25.0 Å². The number of piperidine rings is 2. The van der Waals surface area contributed by atoms with E-state index in [9.17, 15) is 13.2 Å². The standard InChI is InChI=1S/C20H30N2O4S/c1-13(2)26-17-8-6-16(7-9-17)21-20(23)18-11-15-5-10-19(18)22(12-15)27(24,25)14(3)4/h6-9,13-15,18-19H,5,10-12H2,1-4H3,(H,21,23)/t15-,18+,19-/m0/s1. The monoisotopic (exact) mass is 394 g/mol. The molecular formula is C20H30N2O4S. The van der Waals surface area contributed by atoms with E-state index in [1.807, 2.05) is 38.1 Å². The molecule has 4 rings (SSSR count). The van der Waals surface area contributed by atoms with E-state index in [2.05, 4.69) is 5.32 Å². The van der Waals surface area contributed by atoms with Gasteiger partial charge in [0.25, 0.3) is 0 Å². The Morgan fingerprint density at radius 2 is 1.81 bits per heavy atom. The summed E-state index contributed by atoms with van der Waals surface area (Å²) in [6, 6.07) is 7.07. The predicted octanol–water partition coefficient (Wildman–Crippen LogP) is 3.25. The van der Waals surface area contributed by atoms with Gasteiger partial charge in [-0.25, -0.2) is 8.42 Å².